The summed E-state index contributed by atoms with van der Waals surface area (Å²) < 4.78 is 3.35. The minimum absolute atomic E-state index is 0. The van der Waals surface area contributed by atoms with Gasteiger partial charge in [-0.1, -0.05) is 73.3 Å². The van der Waals surface area contributed by atoms with E-state index in [4.69, 9.17) is 16.8 Å². The predicted octanol–water partition coefficient (Wildman–Crippen LogP) is 6.73. The van der Waals surface area contributed by atoms with E-state index in [1.165, 1.54) is 0 Å². The molecule has 0 bridgehead atoms. The van der Waals surface area contributed by atoms with Gasteiger partial charge in [0.1, 0.15) is 11.8 Å². The van der Waals surface area contributed by atoms with Crippen LogP contribution < -0.4 is 0 Å². The Kier molecular flexibility index (Phi) is 7.56. The summed E-state index contributed by atoms with van der Waals surface area (Å²) in [6.45, 7) is 8.12. The molecule has 0 amide bonds. The standard InChI is InChI=1S/C33H20N6.Pt/c1-35-32-23-31(26-16-8-3-9-17-26)37-39(32)33(27-18-10-4-11-19-27,28-20-12-5-13-21-28)38-29(24-34)22-30(36-38)25-14-6-2-7-15-25;/h2-14,16,18-23H;/q-2;+2. The minimum atomic E-state index is -1.30. The molecule has 0 unspecified atom stereocenters. The third-order valence-corrected chi connectivity index (χ3v) is 6.56. The molecule has 6 rings (SSSR count). The number of hydrogen-bond acceptors (Lipinski definition) is 3. The van der Waals surface area contributed by atoms with Gasteiger partial charge in [-0.15, -0.1) is 76.9 Å². The summed E-state index contributed by atoms with van der Waals surface area (Å²) in [5.74, 6) is 0.294. The van der Waals surface area contributed by atoms with Crippen LogP contribution in [-0.2, 0) is 26.7 Å². The van der Waals surface area contributed by atoms with Crippen molar-refractivity contribution >= 4 is 5.82 Å². The quantitative estimate of drug-likeness (QED) is 0.182. The Hall–Kier alpha value is -5.03. The van der Waals surface area contributed by atoms with E-state index < -0.39 is 5.66 Å². The first-order valence-corrected chi connectivity index (χ1v) is 12.3. The Bertz CT molecular complexity index is 1680. The van der Waals surface area contributed by atoms with Crippen LogP contribution in [-0.4, -0.2) is 19.6 Å². The second-order valence-electron chi connectivity index (χ2n) is 8.81. The summed E-state index contributed by atoms with van der Waals surface area (Å²) in [5.41, 5.74) is 3.30. The van der Waals surface area contributed by atoms with Crippen LogP contribution in [0.25, 0.3) is 27.4 Å². The SMILES string of the molecule is [C-]#[N+]c1cc(-c2[c-]cccc2)nn1C(c1ccccc1)(c1ccccc1)n1nc(-c2[c-]cccc2)cc1C#N.[Pt+2]. The second kappa shape index (κ2) is 11.4. The largest absolute Gasteiger partial charge is 2.00 e. The number of nitrogens with zero attached hydrogens (tertiary/aromatic N) is 6. The third kappa shape index (κ3) is 4.45. The Balaban J connectivity index is 0.00000323. The van der Waals surface area contributed by atoms with Crippen LogP contribution in [0, 0.1) is 30.0 Å². The van der Waals surface area contributed by atoms with Gasteiger partial charge in [-0.05, 0) is 6.07 Å². The van der Waals surface area contributed by atoms with Gasteiger partial charge in [0.05, 0.1) is 0 Å². The number of nitriles is 1. The molecule has 4 aromatic carbocycles. The summed E-state index contributed by atoms with van der Waals surface area (Å²) in [6, 6.07) is 46.8. The zero-order chi connectivity index (χ0) is 26.7. The maximum absolute atomic E-state index is 10.4. The Morgan fingerprint density at radius 3 is 1.68 bits per heavy atom. The van der Waals surface area contributed by atoms with Crippen LogP contribution in [0.2, 0.25) is 0 Å². The first-order chi connectivity index (χ1) is 19.3. The van der Waals surface area contributed by atoms with Gasteiger partial charge in [-0.2, -0.15) is 9.94 Å². The molecule has 2 aromatic heterocycles. The van der Waals surface area contributed by atoms with E-state index in [0.717, 1.165) is 22.3 Å². The second-order valence-corrected chi connectivity index (χ2v) is 8.81. The van der Waals surface area contributed by atoms with Gasteiger partial charge >= 0.3 is 21.1 Å². The maximum atomic E-state index is 10.4. The number of rotatable bonds is 6. The van der Waals surface area contributed by atoms with E-state index in [0.29, 0.717) is 22.9 Å². The molecule has 0 N–H and O–H groups in total. The molecule has 0 atom stereocenters. The van der Waals surface area contributed by atoms with Gasteiger partial charge in [0, 0.05) is 22.5 Å². The molecule has 0 saturated carbocycles. The first kappa shape index (κ1) is 26.6. The number of aromatic nitrogens is 4. The summed E-state index contributed by atoms with van der Waals surface area (Å²) in [6.07, 6.45) is 0. The molecule has 0 aliphatic heterocycles. The fraction of sp³-hybridized carbons (Fsp3) is 0.0303. The maximum Gasteiger partial charge on any atom is 2.00 e. The van der Waals surface area contributed by atoms with Gasteiger partial charge in [0.15, 0.2) is 0 Å². The normalized spacial score (nSPS) is 10.8. The van der Waals surface area contributed by atoms with Crippen LogP contribution in [0.4, 0.5) is 5.82 Å². The van der Waals surface area contributed by atoms with Gasteiger partial charge in [-0.25, -0.2) is 9.78 Å². The molecule has 40 heavy (non-hydrogen) atoms. The molecule has 2 heterocycles. The van der Waals surface area contributed by atoms with Crippen LogP contribution in [0.1, 0.15) is 16.8 Å². The van der Waals surface area contributed by atoms with Gasteiger partial charge in [0.25, 0.3) is 5.66 Å². The molecule has 0 aliphatic rings. The molecule has 0 radical (unpaired) electrons. The van der Waals surface area contributed by atoms with Crippen molar-refractivity contribution < 1.29 is 21.1 Å². The molecule has 192 valence electrons. The van der Waals surface area contributed by atoms with Crippen LogP contribution in [0.5, 0.6) is 0 Å². The van der Waals surface area contributed by atoms with E-state index >= 15 is 0 Å². The van der Waals surface area contributed by atoms with Crippen molar-refractivity contribution in [2.75, 3.05) is 0 Å². The molecule has 0 fully saturated rings. The van der Waals surface area contributed by atoms with E-state index in [-0.39, 0.29) is 21.1 Å². The molecule has 6 nitrogen and oxygen atoms in total. The van der Waals surface area contributed by atoms with Crippen LogP contribution in [0.15, 0.2) is 121 Å². The number of benzene rings is 4. The van der Waals surface area contributed by atoms with E-state index in [1.807, 2.05) is 109 Å². The Morgan fingerprint density at radius 1 is 0.700 bits per heavy atom. The van der Waals surface area contributed by atoms with Crippen molar-refractivity contribution in [2.45, 2.75) is 5.66 Å². The van der Waals surface area contributed by atoms with Crippen molar-refractivity contribution in [1.29, 1.82) is 5.26 Å². The average molecular weight is 696 g/mol. The van der Waals surface area contributed by atoms with Crippen LogP contribution >= 0.6 is 0 Å². The smallest absolute Gasteiger partial charge is 0.363 e. The van der Waals surface area contributed by atoms with E-state index in [2.05, 4.69) is 23.0 Å². The van der Waals surface area contributed by atoms with Crippen molar-refractivity contribution in [1.82, 2.24) is 19.6 Å². The number of hydrogen-bond donors (Lipinski definition) is 0. The van der Waals surface area contributed by atoms with Crippen molar-refractivity contribution in [2.24, 2.45) is 0 Å². The fourth-order valence-corrected chi connectivity index (χ4v) is 4.85. The van der Waals surface area contributed by atoms with Gasteiger partial charge < -0.3 is 4.85 Å². The molecule has 0 spiro atoms. The van der Waals surface area contributed by atoms with Gasteiger partial charge in [0.2, 0.25) is 5.82 Å². The van der Waals surface area contributed by atoms with Gasteiger partial charge in [-0.3, -0.25) is 0 Å². The molecular formula is C33H20N6Pt. The topological polar surface area (TPSA) is 63.8 Å². The minimum Gasteiger partial charge on any atom is -0.363 e. The van der Waals surface area contributed by atoms with Crippen LogP contribution in [0.3, 0.4) is 0 Å². The van der Waals surface area contributed by atoms with E-state index in [9.17, 15) is 5.26 Å². The summed E-state index contributed by atoms with van der Waals surface area (Å²) in [5, 5.41) is 20.4. The molecule has 0 aliphatic carbocycles. The summed E-state index contributed by atoms with van der Waals surface area (Å²) in [4.78, 5) is 3.89. The molecule has 7 heteroatoms. The van der Waals surface area contributed by atoms with E-state index in [1.54, 1.807) is 21.5 Å². The van der Waals surface area contributed by atoms with Crippen molar-refractivity contribution in [3.63, 3.8) is 0 Å². The zero-order valence-corrected chi connectivity index (χ0v) is 23.3. The third-order valence-electron chi connectivity index (χ3n) is 6.56. The Labute approximate surface area is 246 Å². The monoisotopic (exact) mass is 695 g/mol. The molecular weight excluding hydrogens is 675 g/mol. The molecule has 6 aromatic rings. The predicted molar refractivity (Wildman–Crippen MR) is 148 cm³/mol. The summed E-state index contributed by atoms with van der Waals surface area (Å²) >= 11 is 0. The first-order valence-electron chi connectivity index (χ1n) is 12.3. The fourth-order valence-electron chi connectivity index (χ4n) is 4.85. The molecule has 0 saturated heterocycles. The van der Waals surface area contributed by atoms with Crippen molar-refractivity contribution in [3.05, 3.63) is 162 Å². The Morgan fingerprint density at radius 2 is 1.20 bits per heavy atom. The summed E-state index contributed by atoms with van der Waals surface area (Å²) in [7, 11) is 0. The average Bonchev–Trinajstić information content (AvgIpc) is 3.65. The van der Waals surface area contributed by atoms with Crippen molar-refractivity contribution in [3.8, 4) is 28.6 Å². The zero-order valence-electron chi connectivity index (χ0n) is 21.0.